The second-order valence-electron chi connectivity index (χ2n) is 7.63. The van der Waals surface area contributed by atoms with Crippen LogP contribution in [0.2, 0.25) is 5.02 Å². The normalized spacial score (nSPS) is 12.1. The first-order valence-electron chi connectivity index (χ1n) is 10.2. The highest BCUT2D eigenvalue weighted by molar-refractivity contribution is 7.92. The Balaban J connectivity index is 1.89. The predicted octanol–water partition coefficient (Wildman–Crippen LogP) is 5.32. The van der Waals surface area contributed by atoms with E-state index in [1.54, 1.807) is 32.0 Å². The van der Waals surface area contributed by atoms with Crippen molar-refractivity contribution < 1.29 is 26.4 Å². The zero-order chi connectivity index (χ0) is 25.8. The maximum Gasteiger partial charge on any atom is 0.417 e. The lowest BCUT2D eigenvalue weighted by molar-refractivity contribution is -0.137. The van der Waals surface area contributed by atoms with Crippen LogP contribution in [0.25, 0.3) is 0 Å². The summed E-state index contributed by atoms with van der Waals surface area (Å²) >= 11 is 6.00. The van der Waals surface area contributed by atoms with Gasteiger partial charge in [0, 0.05) is 10.6 Å². The van der Waals surface area contributed by atoms with Crippen molar-refractivity contribution in [1.29, 1.82) is 0 Å². The highest BCUT2D eigenvalue weighted by Crippen LogP contribution is 2.31. The summed E-state index contributed by atoms with van der Waals surface area (Å²) in [6.45, 7) is 2.78. The van der Waals surface area contributed by atoms with E-state index in [2.05, 4.69) is 10.5 Å². The van der Waals surface area contributed by atoms with Crippen LogP contribution in [-0.4, -0.2) is 27.1 Å². The van der Waals surface area contributed by atoms with Crippen molar-refractivity contribution in [3.63, 3.8) is 0 Å². The zero-order valence-electron chi connectivity index (χ0n) is 18.7. The van der Waals surface area contributed by atoms with E-state index in [4.69, 9.17) is 11.6 Å². The van der Waals surface area contributed by atoms with Gasteiger partial charge in [-0.3, -0.25) is 9.10 Å². The molecule has 0 bridgehead atoms. The van der Waals surface area contributed by atoms with Gasteiger partial charge in [-0.15, -0.1) is 0 Å². The second kappa shape index (κ2) is 10.5. The summed E-state index contributed by atoms with van der Waals surface area (Å²) in [4.78, 5) is 12.6. The first-order valence-corrected chi connectivity index (χ1v) is 12.0. The van der Waals surface area contributed by atoms with E-state index in [0.29, 0.717) is 10.6 Å². The number of hydrogen-bond acceptors (Lipinski definition) is 4. The summed E-state index contributed by atoms with van der Waals surface area (Å²) in [6.07, 6.45) is -3.75. The summed E-state index contributed by atoms with van der Waals surface area (Å²) in [5.41, 5.74) is 2.51. The fourth-order valence-corrected chi connectivity index (χ4v) is 4.96. The number of hydrogen-bond donors (Lipinski definition) is 1. The van der Waals surface area contributed by atoms with E-state index < -0.39 is 34.2 Å². The van der Waals surface area contributed by atoms with Gasteiger partial charge in [0.1, 0.15) is 6.54 Å². The van der Waals surface area contributed by atoms with Gasteiger partial charge in [0.15, 0.2) is 0 Å². The molecule has 3 aromatic rings. The van der Waals surface area contributed by atoms with E-state index in [-0.39, 0.29) is 16.1 Å². The third-order valence-electron chi connectivity index (χ3n) is 4.98. The topological polar surface area (TPSA) is 78.8 Å². The number of carbonyl (C=O) groups excluding carboxylic acids is 1. The van der Waals surface area contributed by atoms with Crippen molar-refractivity contribution in [3.05, 3.63) is 94.0 Å². The Kier molecular flexibility index (Phi) is 7.86. The molecule has 3 aromatic carbocycles. The number of sulfonamides is 1. The Morgan fingerprint density at radius 3 is 2.34 bits per heavy atom. The van der Waals surface area contributed by atoms with Crippen LogP contribution in [-0.2, 0) is 21.0 Å². The van der Waals surface area contributed by atoms with E-state index in [1.165, 1.54) is 42.5 Å². The van der Waals surface area contributed by atoms with Gasteiger partial charge in [0.2, 0.25) is 0 Å². The minimum atomic E-state index is -4.60. The molecule has 1 amide bonds. The molecule has 0 radical (unpaired) electrons. The molecule has 0 saturated heterocycles. The van der Waals surface area contributed by atoms with Crippen molar-refractivity contribution in [1.82, 2.24) is 5.43 Å². The molecular weight excluding hydrogens is 503 g/mol. The Morgan fingerprint density at radius 1 is 1.06 bits per heavy atom. The van der Waals surface area contributed by atoms with Gasteiger partial charge in [-0.1, -0.05) is 47.5 Å². The third-order valence-corrected chi connectivity index (χ3v) is 6.99. The monoisotopic (exact) mass is 523 g/mol. The number of benzene rings is 3. The molecule has 0 unspecified atom stereocenters. The Hall–Kier alpha value is -3.37. The molecule has 0 saturated carbocycles. The van der Waals surface area contributed by atoms with Crippen LogP contribution in [0.3, 0.4) is 0 Å². The van der Waals surface area contributed by atoms with Crippen LogP contribution >= 0.6 is 11.6 Å². The van der Waals surface area contributed by atoms with Gasteiger partial charge in [-0.2, -0.15) is 18.3 Å². The molecule has 0 aliphatic rings. The number of nitrogens with one attached hydrogen (secondary N) is 1. The van der Waals surface area contributed by atoms with Gasteiger partial charge in [-0.05, 0) is 55.8 Å². The molecule has 0 aliphatic heterocycles. The number of rotatable bonds is 7. The quantitative estimate of drug-likeness (QED) is 0.336. The van der Waals surface area contributed by atoms with Crippen LogP contribution in [0.4, 0.5) is 18.9 Å². The van der Waals surface area contributed by atoms with Crippen molar-refractivity contribution in [3.8, 4) is 0 Å². The van der Waals surface area contributed by atoms with Crippen LogP contribution in [0.5, 0.6) is 0 Å². The third kappa shape index (κ3) is 6.40. The highest BCUT2D eigenvalue weighted by Gasteiger charge is 2.32. The molecule has 6 nitrogen and oxygen atoms in total. The SMILES string of the molecule is Cc1ccc(S(=O)(=O)N(CC(=O)N/N=C/c2ccccc2C(F)(F)F)c2ccc(Cl)cc2C)cc1. The summed E-state index contributed by atoms with van der Waals surface area (Å²) in [5, 5.41) is 3.98. The smallest absolute Gasteiger partial charge is 0.271 e. The van der Waals surface area contributed by atoms with Crippen LogP contribution in [0, 0.1) is 13.8 Å². The molecular formula is C24H21ClF3N3O3S. The van der Waals surface area contributed by atoms with E-state index in [1.807, 2.05) is 0 Å². The molecule has 0 heterocycles. The number of carbonyl (C=O) groups is 1. The largest absolute Gasteiger partial charge is 0.417 e. The Bertz CT molecular complexity index is 1360. The first kappa shape index (κ1) is 26.2. The number of amides is 1. The summed E-state index contributed by atoms with van der Waals surface area (Å²) in [7, 11) is -4.18. The van der Waals surface area contributed by atoms with Gasteiger partial charge >= 0.3 is 6.18 Å². The molecule has 3 rings (SSSR count). The number of alkyl halides is 3. The first-order chi connectivity index (χ1) is 16.4. The fourth-order valence-electron chi connectivity index (χ4n) is 3.24. The predicted molar refractivity (Wildman–Crippen MR) is 129 cm³/mol. The van der Waals surface area contributed by atoms with E-state index in [9.17, 15) is 26.4 Å². The molecule has 11 heteroatoms. The van der Waals surface area contributed by atoms with Crippen LogP contribution in [0.1, 0.15) is 22.3 Å². The average molecular weight is 524 g/mol. The summed E-state index contributed by atoms with van der Waals surface area (Å²) < 4.78 is 67.2. The zero-order valence-corrected chi connectivity index (χ0v) is 20.2. The number of anilines is 1. The van der Waals surface area contributed by atoms with Gasteiger partial charge in [0.05, 0.1) is 22.4 Å². The highest BCUT2D eigenvalue weighted by atomic mass is 35.5. The van der Waals surface area contributed by atoms with Gasteiger partial charge in [-0.25, -0.2) is 13.8 Å². The number of nitrogens with zero attached hydrogens (tertiary/aromatic N) is 2. The van der Waals surface area contributed by atoms with Gasteiger partial charge in [0.25, 0.3) is 15.9 Å². The lowest BCUT2D eigenvalue weighted by atomic mass is 10.1. The minimum absolute atomic E-state index is 0.0344. The minimum Gasteiger partial charge on any atom is -0.271 e. The maximum absolute atomic E-state index is 13.4. The number of hydrazone groups is 1. The average Bonchev–Trinajstić information content (AvgIpc) is 2.78. The van der Waals surface area contributed by atoms with Gasteiger partial charge < -0.3 is 0 Å². The molecule has 0 spiro atoms. The standard InChI is InChI=1S/C24H21ClF3N3O3S/c1-16-7-10-20(11-8-16)35(33,34)31(22-12-9-19(25)13-17(22)2)15-23(32)30-29-14-18-5-3-4-6-21(18)24(26,27)28/h3-14H,15H2,1-2H3,(H,30,32)/b29-14+. The van der Waals surface area contributed by atoms with Crippen molar-refractivity contribution in [2.45, 2.75) is 24.9 Å². The van der Waals surface area contributed by atoms with Crippen LogP contribution < -0.4 is 9.73 Å². The van der Waals surface area contributed by atoms with Crippen LogP contribution in [0.15, 0.2) is 76.7 Å². The summed E-state index contributed by atoms with van der Waals surface area (Å²) in [6, 6.07) is 15.3. The maximum atomic E-state index is 13.4. The molecule has 0 aliphatic carbocycles. The lowest BCUT2D eigenvalue weighted by Crippen LogP contribution is -2.40. The number of halogens is 4. The van der Waals surface area contributed by atoms with Crippen molar-refractivity contribution in [2.75, 3.05) is 10.8 Å². The lowest BCUT2D eigenvalue weighted by Gasteiger charge is -2.25. The molecule has 0 fully saturated rings. The van der Waals surface area contributed by atoms with E-state index in [0.717, 1.165) is 22.1 Å². The Labute approximate surface area is 206 Å². The molecule has 0 atom stereocenters. The molecule has 0 aromatic heterocycles. The summed E-state index contributed by atoms with van der Waals surface area (Å²) in [5.74, 6) is -0.851. The Morgan fingerprint density at radius 2 is 1.71 bits per heavy atom. The number of aryl methyl sites for hydroxylation is 2. The van der Waals surface area contributed by atoms with Crippen molar-refractivity contribution in [2.24, 2.45) is 5.10 Å². The molecule has 184 valence electrons. The van der Waals surface area contributed by atoms with E-state index >= 15 is 0 Å². The fraction of sp³-hybridized carbons (Fsp3) is 0.167. The second-order valence-corrected chi connectivity index (χ2v) is 9.93. The van der Waals surface area contributed by atoms with Crippen molar-refractivity contribution >= 4 is 39.4 Å². The molecule has 35 heavy (non-hydrogen) atoms. The molecule has 1 N–H and O–H groups in total.